The topological polar surface area (TPSA) is 55.4 Å². The molecule has 1 rings (SSSR count). The van der Waals surface area contributed by atoms with Crippen molar-refractivity contribution in [2.75, 3.05) is 17.8 Å². The summed E-state index contributed by atoms with van der Waals surface area (Å²) < 4.78 is 5.14. The lowest BCUT2D eigenvalue weighted by Gasteiger charge is -2.11. The Morgan fingerprint density at radius 3 is 2.57 bits per heavy atom. The Kier molecular flexibility index (Phi) is 7.18. The molecule has 1 heterocycles. The largest absolute Gasteiger partial charge is 0.462 e. The summed E-state index contributed by atoms with van der Waals surface area (Å²) in [5, 5.41) is 3.24. The molecular weight excluding hydrogens is 310 g/mol. The van der Waals surface area contributed by atoms with E-state index in [1.54, 1.807) is 6.92 Å². The fourth-order valence-corrected chi connectivity index (χ4v) is 3.14. The van der Waals surface area contributed by atoms with Crippen molar-refractivity contribution in [1.82, 2.24) is 0 Å². The van der Waals surface area contributed by atoms with Gasteiger partial charge in [0.2, 0.25) is 5.91 Å². The van der Waals surface area contributed by atoms with E-state index in [0.29, 0.717) is 23.1 Å². The Labute approximate surface area is 134 Å². The smallest absolute Gasteiger partial charge is 0.341 e. The predicted octanol–water partition coefficient (Wildman–Crippen LogP) is 4.00. The molecule has 1 amide bonds. The van der Waals surface area contributed by atoms with Crippen molar-refractivity contribution in [2.45, 2.75) is 40.5 Å². The third kappa shape index (κ3) is 4.71. The SMILES string of the molecule is CCOC(=O)c1c(NC(=O)CCl)sc(C)c1C[C@H](C)CC. The highest BCUT2D eigenvalue weighted by Gasteiger charge is 2.24. The van der Waals surface area contributed by atoms with Gasteiger partial charge in [0.1, 0.15) is 10.9 Å². The fraction of sp³-hybridized carbons (Fsp3) is 0.600. The Morgan fingerprint density at radius 2 is 2.05 bits per heavy atom. The van der Waals surface area contributed by atoms with Crippen LogP contribution in [0.5, 0.6) is 0 Å². The lowest BCUT2D eigenvalue weighted by Crippen LogP contribution is -2.16. The van der Waals surface area contributed by atoms with Crippen molar-refractivity contribution in [3.05, 3.63) is 16.0 Å². The average Bonchev–Trinajstić information content (AvgIpc) is 2.74. The van der Waals surface area contributed by atoms with Gasteiger partial charge in [-0.3, -0.25) is 4.79 Å². The van der Waals surface area contributed by atoms with Crippen LogP contribution < -0.4 is 5.32 Å². The Balaban J connectivity index is 3.21. The van der Waals surface area contributed by atoms with Gasteiger partial charge in [-0.1, -0.05) is 20.3 Å². The van der Waals surface area contributed by atoms with Gasteiger partial charge in [-0.25, -0.2) is 4.79 Å². The van der Waals surface area contributed by atoms with Crippen LogP contribution in [0.3, 0.4) is 0 Å². The third-order valence-corrected chi connectivity index (χ3v) is 4.62. The molecule has 0 spiro atoms. The highest BCUT2D eigenvalue weighted by Crippen LogP contribution is 2.35. The lowest BCUT2D eigenvalue weighted by molar-refractivity contribution is -0.113. The molecular formula is C15H22ClNO3S. The van der Waals surface area contributed by atoms with E-state index in [9.17, 15) is 9.59 Å². The van der Waals surface area contributed by atoms with Gasteiger partial charge in [0, 0.05) is 4.88 Å². The van der Waals surface area contributed by atoms with Gasteiger partial charge in [-0.2, -0.15) is 0 Å². The number of hydrogen-bond donors (Lipinski definition) is 1. The quantitative estimate of drug-likeness (QED) is 0.607. The van der Waals surface area contributed by atoms with Gasteiger partial charge in [0.15, 0.2) is 0 Å². The van der Waals surface area contributed by atoms with Gasteiger partial charge in [0.25, 0.3) is 0 Å². The average molecular weight is 332 g/mol. The van der Waals surface area contributed by atoms with Gasteiger partial charge < -0.3 is 10.1 Å². The summed E-state index contributed by atoms with van der Waals surface area (Å²) in [5.41, 5.74) is 1.45. The maximum atomic E-state index is 12.2. The molecule has 0 saturated heterocycles. The predicted molar refractivity (Wildman–Crippen MR) is 87.5 cm³/mol. The van der Waals surface area contributed by atoms with E-state index < -0.39 is 0 Å². The fourth-order valence-electron chi connectivity index (χ4n) is 1.98. The molecule has 0 saturated carbocycles. The molecule has 0 aromatic carbocycles. The summed E-state index contributed by atoms with van der Waals surface area (Å²) >= 11 is 6.92. The number of thiophene rings is 1. The van der Waals surface area contributed by atoms with Crippen LogP contribution in [0.4, 0.5) is 5.00 Å². The standard InChI is InChI=1S/C15H22ClNO3S/c1-5-9(3)7-11-10(4)21-14(17-12(18)8-16)13(11)15(19)20-6-2/h9H,5-8H2,1-4H3,(H,17,18)/t9-/m1/s1. The number of aryl methyl sites for hydroxylation is 1. The third-order valence-electron chi connectivity index (χ3n) is 3.31. The Bertz CT molecular complexity index is 513. The molecule has 0 fully saturated rings. The van der Waals surface area contributed by atoms with Gasteiger partial charge in [-0.15, -0.1) is 22.9 Å². The van der Waals surface area contributed by atoms with Crippen molar-refractivity contribution in [1.29, 1.82) is 0 Å². The number of ether oxygens (including phenoxy) is 1. The molecule has 4 nitrogen and oxygen atoms in total. The van der Waals surface area contributed by atoms with Crippen molar-refractivity contribution in [2.24, 2.45) is 5.92 Å². The van der Waals surface area contributed by atoms with Crippen molar-refractivity contribution < 1.29 is 14.3 Å². The Hall–Kier alpha value is -1.07. The molecule has 21 heavy (non-hydrogen) atoms. The second kappa shape index (κ2) is 8.39. The highest BCUT2D eigenvalue weighted by atomic mass is 35.5. The second-order valence-electron chi connectivity index (χ2n) is 4.96. The molecule has 0 aliphatic rings. The van der Waals surface area contributed by atoms with Crippen LogP contribution in [0.2, 0.25) is 0 Å². The minimum absolute atomic E-state index is 0.139. The number of alkyl halides is 1. The number of rotatable bonds is 7. The van der Waals surface area contributed by atoms with Crippen LogP contribution in [0, 0.1) is 12.8 Å². The van der Waals surface area contributed by atoms with Crippen molar-refractivity contribution in [3.8, 4) is 0 Å². The molecule has 0 radical (unpaired) electrons. The van der Waals surface area contributed by atoms with E-state index >= 15 is 0 Å². The van der Waals surface area contributed by atoms with E-state index in [-0.39, 0.29) is 17.8 Å². The first-order chi connectivity index (χ1) is 9.94. The normalized spacial score (nSPS) is 12.0. The molecule has 118 valence electrons. The maximum absolute atomic E-state index is 12.2. The zero-order chi connectivity index (χ0) is 16.0. The number of amides is 1. The molecule has 0 aliphatic heterocycles. The van der Waals surface area contributed by atoms with Crippen LogP contribution in [-0.4, -0.2) is 24.4 Å². The molecule has 0 unspecified atom stereocenters. The first-order valence-electron chi connectivity index (χ1n) is 7.09. The summed E-state index contributed by atoms with van der Waals surface area (Å²) in [6.07, 6.45) is 1.82. The number of carbonyl (C=O) groups is 2. The first kappa shape index (κ1) is 18.0. The summed E-state index contributed by atoms with van der Waals surface area (Å²) in [6, 6.07) is 0. The number of hydrogen-bond acceptors (Lipinski definition) is 4. The van der Waals surface area contributed by atoms with Crippen molar-refractivity contribution in [3.63, 3.8) is 0 Å². The summed E-state index contributed by atoms with van der Waals surface area (Å²) in [7, 11) is 0. The zero-order valence-electron chi connectivity index (χ0n) is 12.9. The van der Waals surface area contributed by atoms with Crippen molar-refractivity contribution >= 4 is 39.8 Å². The summed E-state index contributed by atoms with van der Waals surface area (Å²) in [5.74, 6) is -0.383. The molecule has 1 atom stereocenters. The van der Waals surface area contributed by atoms with Gasteiger partial charge in [0.05, 0.1) is 12.2 Å². The Morgan fingerprint density at radius 1 is 1.38 bits per heavy atom. The van der Waals surface area contributed by atoms with Crippen LogP contribution in [-0.2, 0) is 16.0 Å². The van der Waals surface area contributed by atoms with Gasteiger partial charge >= 0.3 is 5.97 Å². The lowest BCUT2D eigenvalue weighted by atomic mass is 9.96. The number of halogens is 1. The van der Waals surface area contributed by atoms with E-state index in [1.165, 1.54) is 11.3 Å². The number of esters is 1. The molecule has 1 N–H and O–H groups in total. The van der Waals surface area contributed by atoms with Gasteiger partial charge in [-0.05, 0) is 31.7 Å². The van der Waals surface area contributed by atoms with Crippen LogP contribution in [0.25, 0.3) is 0 Å². The van der Waals surface area contributed by atoms with Crippen LogP contribution >= 0.6 is 22.9 Å². The minimum Gasteiger partial charge on any atom is -0.462 e. The maximum Gasteiger partial charge on any atom is 0.341 e. The highest BCUT2D eigenvalue weighted by molar-refractivity contribution is 7.16. The molecule has 1 aromatic heterocycles. The number of anilines is 1. The van der Waals surface area contributed by atoms with Crippen LogP contribution in [0.15, 0.2) is 0 Å². The van der Waals surface area contributed by atoms with Crippen LogP contribution in [0.1, 0.15) is 48.0 Å². The zero-order valence-corrected chi connectivity index (χ0v) is 14.5. The second-order valence-corrected chi connectivity index (χ2v) is 6.45. The molecule has 0 bridgehead atoms. The molecule has 0 aliphatic carbocycles. The first-order valence-corrected chi connectivity index (χ1v) is 8.44. The van der Waals surface area contributed by atoms with E-state index in [1.807, 2.05) is 6.92 Å². The van der Waals surface area contributed by atoms with E-state index in [0.717, 1.165) is 23.3 Å². The summed E-state index contributed by atoms with van der Waals surface area (Å²) in [4.78, 5) is 24.8. The number of carbonyl (C=O) groups excluding carboxylic acids is 2. The van der Waals surface area contributed by atoms with E-state index in [4.69, 9.17) is 16.3 Å². The minimum atomic E-state index is -0.384. The monoisotopic (exact) mass is 331 g/mol. The number of nitrogens with one attached hydrogen (secondary N) is 1. The molecule has 1 aromatic rings. The van der Waals surface area contributed by atoms with E-state index in [2.05, 4.69) is 19.2 Å². The molecule has 6 heteroatoms. The summed E-state index contributed by atoms with van der Waals surface area (Å²) in [6.45, 7) is 8.29.